The molecule has 2 aromatic rings. The van der Waals surface area contributed by atoms with E-state index in [1.54, 1.807) is 0 Å². The van der Waals surface area contributed by atoms with Crippen LogP contribution in [-0.4, -0.2) is 22.0 Å². The quantitative estimate of drug-likeness (QED) is 0.879. The first-order chi connectivity index (χ1) is 11.0. The van der Waals surface area contributed by atoms with Crippen molar-refractivity contribution < 1.29 is 4.79 Å². The molecular formula is C19H25N3O. The molecule has 1 aliphatic heterocycles. The third-order valence-corrected chi connectivity index (χ3v) is 4.63. The maximum atomic E-state index is 12.8. The summed E-state index contributed by atoms with van der Waals surface area (Å²) in [5.41, 5.74) is 4.54. The molecule has 23 heavy (non-hydrogen) atoms. The summed E-state index contributed by atoms with van der Waals surface area (Å²) < 4.78 is 2.33. The van der Waals surface area contributed by atoms with E-state index in [1.807, 2.05) is 36.1 Å². The predicted molar refractivity (Wildman–Crippen MR) is 93.7 cm³/mol. The summed E-state index contributed by atoms with van der Waals surface area (Å²) >= 11 is 0. The largest absolute Gasteiger partial charge is 0.345 e. The van der Waals surface area contributed by atoms with Crippen molar-refractivity contribution in [3.05, 3.63) is 53.3 Å². The molecule has 0 spiro atoms. The Balaban J connectivity index is 1.83. The van der Waals surface area contributed by atoms with Crippen LogP contribution in [0.15, 0.2) is 36.4 Å². The van der Waals surface area contributed by atoms with E-state index in [-0.39, 0.29) is 12.1 Å². The minimum absolute atomic E-state index is 0.0161. The van der Waals surface area contributed by atoms with Crippen LogP contribution >= 0.6 is 0 Å². The molecule has 1 aliphatic rings. The Bertz CT molecular complexity index is 700. The molecule has 0 aliphatic carbocycles. The highest BCUT2D eigenvalue weighted by Crippen LogP contribution is 2.33. The van der Waals surface area contributed by atoms with E-state index in [9.17, 15) is 4.79 Å². The molecule has 4 heteroatoms. The zero-order chi connectivity index (χ0) is 16.6. The fourth-order valence-corrected chi connectivity index (χ4v) is 3.42. The van der Waals surface area contributed by atoms with Gasteiger partial charge in [0.2, 0.25) is 0 Å². The molecule has 1 aromatic heterocycles. The summed E-state index contributed by atoms with van der Waals surface area (Å²) in [6, 6.07) is 12.3. The topological polar surface area (TPSA) is 37.3 Å². The van der Waals surface area contributed by atoms with E-state index in [2.05, 4.69) is 42.8 Å². The van der Waals surface area contributed by atoms with Crippen LogP contribution in [0.4, 0.5) is 10.5 Å². The summed E-state index contributed by atoms with van der Waals surface area (Å²) in [6.45, 7) is 10.1. The van der Waals surface area contributed by atoms with Gasteiger partial charge in [0.1, 0.15) is 0 Å². The summed E-state index contributed by atoms with van der Waals surface area (Å²) in [7, 11) is 0. The van der Waals surface area contributed by atoms with Gasteiger partial charge in [0.15, 0.2) is 0 Å². The third-order valence-electron chi connectivity index (χ3n) is 4.63. The Morgan fingerprint density at radius 1 is 1.09 bits per heavy atom. The molecule has 2 heterocycles. The minimum atomic E-state index is -0.0161. The highest BCUT2D eigenvalue weighted by atomic mass is 16.2. The van der Waals surface area contributed by atoms with Gasteiger partial charge in [-0.05, 0) is 44.0 Å². The maximum Gasteiger partial charge on any atom is 0.322 e. The second-order valence-corrected chi connectivity index (χ2v) is 6.73. The summed E-state index contributed by atoms with van der Waals surface area (Å²) in [4.78, 5) is 14.8. The fourth-order valence-electron chi connectivity index (χ4n) is 3.42. The summed E-state index contributed by atoms with van der Waals surface area (Å²) in [5.74, 6) is 0.368. The maximum absolute atomic E-state index is 12.8. The van der Waals surface area contributed by atoms with Crippen LogP contribution < -0.4 is 5.32 Å². The molecule has 0 fully saturated rings. The van der Waals surface area contributed by atoms with Crippen LogP contribution in [0.2, 0.25) is 0 Å². The molecule has 0 saturated heterocycles. The minimum Gasteiger partial charge on any atom is -0.345 e. The number of benzene rings is 1. The number of fused-ring (bicyclic) bond motifs is 1. The second kappa shape index (κ2) is 6.11. The van der Waals surface area contributed by atoms with E-state index < -0.39 is 0 Å². The van der Waals surface area contributed by atoms with Crippen molar-refractivity contribution in [2.24, 2.45) is 5.92 Å². The van der Waals surface area contributed by atoms with Crippen LogP contribution in [0.25, 0.3) is 0 Å². The lowest BCUT2D eigenvalue weighted by Gasteiger charge is -2.39. The Morgan fingerprint density at radius 3 is 2.43 bits per heavy atom. The van der Waals surface area contributed by atoms with Gasteiger partial charge in [0.05, 0.1) is 6.04 Å². The van der Waals surface area contributed by atoms with E-state index in [0.717, 1.165) is 18.8 Å². The Morgan fingerprint density at radius 2 is 1.78 bits per heavy atom. The molecule has 2 amide bonds. The molecule has 0 saturated carbocycles. The van der Waals surface area contributed by atoms with Crippen molar-refractivity contribution in [3.8, 4) is 0 Å². The van der Waals surface area contributed by atoms with Crippen molar-refractivity contribution in [2.75, 3.05) is 11.9 Å². The number of urea groups is 1. The van der Waals surface area contributed by atoms with Crippen LogP contribution in [0.1, 0.15) is 36.8 Å². The number of rotatable bonds is 2. The van der Waals surface area contributed by atoms with Gasteiger partial charge >= 0.3 is 6.03 Å². The van der Waals surface area contributed by atoms with Crippen LogP contribution in [0, 0.1) is 19.8 Å². The van der Waals surface area contributed by atoms with E-state index in [4.69, 9.17) is 0 Å². The number of amides is 2. The van der Waals surface area contributed by atoms with Gasteiger partial charge < -0.3 is 14.8 Å². The molecule has 0 bridgehead atoms. The fraction of sp³-hybridized carbons (Fsp3) is 0.421. The lowest BCUT2D eigenvalue weighted by Crippen LogP contribution is -2.46. The molecular weight excluding hydrogens is 286 g/mol. The molecule has 122 valence electrons. The Labute approximate surface area is 138 Å². The smallest absolute Gasteiger partial charge is 0.322 e. The number of aromatic nitrogens is 1. The standard InChI is InChI=1S/C19H25N3O/c1-13(2)18-17-10-7-15(4)21(17)11-12-22(18)19(23)20-16-8-5-14(3)6-9-16/h5-10,13,18H,11-12H2,1-4H3,(H,20,23). The number of anilines is 1. The number of hydrogen-bond donors (Lipinski definition) is 1. The zero-order valence-corrected chi connectivity index (χ0v) is 14.3. The van der Waals surface area contributed by atoms with Gasteiger partial charge in [0.25, 0.3) is 0 Å². The monoisotopic (exact) mass is 311 g/mol. The first-order valence-electron chi connectivity index (χ1n) is 8.27. The zero-order valence-electron chi connectivity index (χ0n) is 14.3. The van der Waals surface area contributed by atoms with E-state index in [1.165, 1.54) is 17.0 Å². The van der Waals surface area contributed by atoms with Crippen LogP contribution in [-0.2, 0) is 6.54 Å². The SMILES string of the molecule is Cc1ccc(NC(=O)N2CCn3c(C)ccc3C2C(C)C)cc1. The number of carbonyl (C=O) groups excluding carboxylic acids is 1. The van der Waals surface area contributed by atoms with Gasteiger partial charge in [-0.25, -0.2) is 4.79 Å². The van der Waals surface area contributed by atoms with Crippen molar-refractivity contribution in [3.63, 3.8) is 0 Å². The van der Waals surface area contributed by atoms with Gasteiger partial charge in [0, 0.05) is 30.2 Å². The molecule has 1 aromatic carbocycles. The van der Waals surface area contributed by atoms with Gasteiger partial charge in [-0.15, -0.1) is 0 Å². The van der Waals surface area contributed by atoms with E-state index >= 15 is 0 Å². The molecule has 4 nitrogen and oxygen atoms in total. The highest BCUT2D eigenvalue weighted by Gasteiger charge is 2.33. The number of carbonyl (C=O) groups is 1. The first kappa shape index (κ1) is 15.7. The lowest BCUT2D eigenvalue weighted by atomic mass is 9.97. The number of aryl methyl sites for hydroxylation is 2. The van der Waals surface area contributed by atoms with E-state index in [0.29, 0.717) is 5.92 Å². The lowest BCUT2D eigenvalue weighted by molar-refractivity contribution is 0.143. The van der Waals surface area contributed by atoms with Crippen molar-refractivity contribution in [1.29, 1.82) is 0 Å². The first-order valence-corrected chi connectivity index (χ1v) is 8.27. The summed E-state index contributed by atoms with van der Waals surface area (Å²) in [5, 5.41) is 3.04. The van der Waals surface area contributed by atoms with Crippen LogP contribution in [0.5, 0.6) is 0 Å². The van der Waals surface area contributed by atoms with Gasteiger partial charge in [-0.2, -0.15) is 0 Å². The average Bonchev–Trinajstić information content (AvgIpc) is 2.90. The molecule has 1 N–H and O–H groups in total. The Kier molecular flexibility index (Phi) is 4.16. The molecule has 1 atom stereocenters. The number of hydrogen-bond acceptors (Lipinski definition) is 1. The highest BCUT2D eigenvalue weighted by molar-refractivity contribution is 5.89. The van der Waals surface area contributed by atoms with Crippen LogP contribution in [0.3, 0.4) is 0 Å². The van der Waals surface area contributed by atoms with Crippen molar-refractivity contribution in [1.82, 2.24) is 9.47 Å². The van der Waals surface area contributed by atoms with Crippen molar-refractivity contribution >= 4 is 11.7 Å². The Hall–Kier alpha value is -2.23. The molecule has 0 radical (unpaired) electrons. The molecule has 3 rings (SSSR count). The second-order valence-electron chi connectivity index (χ2n) is 6.73. The number of nitrogens with zero attached hydrogens (tertiary/aromatic N) is 2. The normalized spacial score (nSPS) is 17.3. The average molecular weight is 311 g/mol. The summed E-state index contributed by atoms with van der Waals surface area (Å²) in [6.07, 6.45) is 0. The van der Waals surface area contributed by atoms with Gasteiger partial charge in [-0.3, -0.25) is 0 Å². The van der Waals surface area contributed by atoms with Crippen molar-refractivity contribution in [2.45, 2.75) is 40.3 Å². The predicted octanol–water partition coefficient (Wildman–Crippen LogP) is 4.35. The number of nitrogens with one attached hydrogen (secondary N) is 1. The molecule has 1 unspecified atom stereocenters. The van der Waals surface area contributed by atoms with Gasteiger partial charge in [-0.1, -0.05) is 31.5 Å². The third kappa shape index (κ3) is 2.98.